The lowest BCUT2D eigenvalue weighted by Crippen LogP contribution is -2.51. The van der Waals surface area contributed by atoms with Gasteiger partial charge in [-0.15, -0.1) is 0 Å². The van der Waals surface area contributed by atoms with Crippen LogP contribution in [-0.4, -0.2) is 56.5 Å². The molecule has 1 amide bonds. The van der Waals surface area contributed by atoms with Crippen LogP contribution in [0.4, 0.5) is 0 Å². The maximum atomic E-state index is 13.5. The lowest BCUT2D eigenvalue weighted by atomic mass is 9.85. The molecule has 0 bridgehead atoms. The molecule has 37 heavy (non-hydrogen) atoms. The van der Waals surface area contributed by atoms with Gasteiger partial charge >= 0.3 is 0 Å². The highest BCUT2D eigenvalue weighted by Crippen LogP contribution is 2.31. The van der Waals surface area contributed by atoms with Crippen LogP contribution in [-0.2, 0) is 14.8 Å². The third kappa shape index (κ3) is 5.79. The first-order valence-corrected chi connectivity index (χ1v) is 14.5. The number of ether oxygens (including phenoxy) is 1. The van der Waals surface area contributed by atoms with Crippen molar-refractivity contribution in [3.05, 3.63) is 66.2 Å². The van der Waals surface area contributed by atoms with Gasteiger partial charge in [-0.25, -0.2) is 18.1 Å². The predicted octanol–water partition coefficient (Wildman–Crippen LogP) is 3.64. The summed E-state index contributed by atoms with van der Waals surface area (Å²) in [7, 11) is -3.69. The largest absolute Gasteiger partial charge is 0.478 e. The van der Waals surface area contributed by atoms with E-state index in [0.29, 0.717) is 50.2 Å². The van der Waals surface area contributed by atoms with Crippen molar-refractivity contribution in [2.24, 2.45) is 5.92 Å². The van der Waals surface area contributed by atoms with Gasteiger partial charge in [-0.1, -0.05) is 30.3 Å². The van der Waals surface area contributed by atoms with E-state index < -0.39 is 10.0 Å². The standard InChI is InChI=1S/C28H34N4O4S/c1-2-36-27-15-10-22-18-24(13-14-25(22)30-27)37(34,35)31-23-11-8-21(9-12-23)28(33)32-17-16-29-19-26(32)20-6-4-3-5-7-20/h3-7,10,13-15,18,21,23,26,29,31H,2,8-9,11-12,16-17,19H2,1H3. The van der Waals surface area contributed by atoms with Crippen LogP contribution in [0.25, 0.3) is 10.9 Å². The summed E-state index contributed by atoms with van der Waals surface area (Å²) in [4.78, 5) is 20.1. The predicted molar refractivity (Wildman–Crippen MR) is 143 cm³/mol. The van der Waals surface area contributed by atoms with Crippen molar-refractivity contribution in [1.82, 2.24) is 19.9 Å². The molecule has 9 heteroatoms. The Morgan fingerprint density at radius 3 is 2.62 bits per heavy atom. The molecule has 0 spiro atoms. The minimum absolute atomic E-state index is 0.0330. The number of nitrogens with zero attached hydrogens (tertiary/aromatic N) is 2. The number of carbonyl (C=O) groups excluding carboxylic acids is 1. The molecular weight excluding hydrogens is 488 g/mol. The number of piperazine rings is 1. The Bertz CT molecular complexity index is 1340. The molecule has 1 unspecified atom stereocenters. The van der Waals surface area contributed by atoms with Crippen LogP contribution in [0.15, 0.2) is 65.6 Å². The number of benzene rings is 2. The van der Waals surface area contributed by atoms with Gasteiger partial charge in [-0.3, -0.25) is 4.79 Å². The minimum atomic E-state index is -3.69. The van der Waals surface area contributed by atoms with E-state index in [-0.39, 0.29) is 28.8 Å². The summed E-state index contributed by atoms with van der Waals surface area (Å²) >= 11 is 0. The van der Waals surface area contributed by atoms with Gasteiger partial charge in [0.2, 0.25) is 21.8 Å². The number of amides is 1. The molecule has 2 N–H and O–H groups in total. The van der Waals surface area contributed by atoms with Crippen LogP contribution in [0.2, 0.25) is 0 Å². The van der Waals surface area contributed by atoms with Gasteiger partial charge in [0.05, 0.1) is 23.1 Å². The molecule has 2 aromatic carbocycles. The first-order valence-electron chi connectivity index (χ1n) is 13.1. The zero-order chi connectivity index (χ0) is 25.8. The summed E-state index contributed by atoms with van der Waals surface area (Å²) in [5.74, 6) is 0.632. The van der Waals surface area contributed by atoms with Crippen molar-refractivity contribution in [3.8, 4) is 5.88 Å². The van der Waals surface area contributed by atoms with E-state index in [1.165, 1.54) is 0 Å². The molecule has 3 aromatic rings. The number of hydrogen-bond donors (Lipinski definition) is 2. The number of rotatable bonds is 7. The Hall–Kier alpha value is -3.01. The second-order valence-electron chi connectivity index (χ2n) is 9.77. The van der Waals surface area contributed by atoms with Crippen molar-refractivity contribution in [3.63, 3.8) is 0 Å². The molecule has 1 aliphatic heterocycles. The number of sulfonamides is 1. The average Bonchev–Trinajstić information content (AvgIpc) is 2.93. The van der Waals surface area contributed by atoms with Gasteiger partial charge in [-0.2, -0.15) is 0 Å². The van der Waals surface area contributed by atoms with Crippen LogP contribution < -0.4 is 14.8 Å². The smallest absolute Gasteiger partial charge is 0.240 e. The van der Waals surface area contributed by atoms with E-state index >= 15 is 0 Å². The molecule has 1 atom stereocenters. The molecule has 1 saturated carbocycles. The van der Waals surface area contributed by atoms with Crippen LogP contribution in [0, 0.1) is 5.92 Å². The molecule has 2 fully saturated rings. The number of aromatic nitrogens is 1. The highest BCUT2D eigenvalue weighted by Gasteiger charge is 2.35. The van der Waals surface area contributed by atoms with E-state index in [9.17, 15) is 13.2 Å². The highest BCUT2D eigenvalue weighted by molar-refractivity contribution is 7.89. The second-order valence-corrected chi connectivity index (χ2v) is 11.5. The number of carbonyl (C=O) groups is 1. The Balaban J connectivity index is 1.21. The third-order valence-corrected chi connectivity index (χ3v) is 8.86. The van der Waals surface area contributed by atoms with Crippen molar-refractivity contribution in [2.75, 3.05) is 26.2 Å². The van der Waals surface area contributed by atoms with Crippen molar-refractivity contribution < 1.29 is 17.9 Å². The topological polar surface area (TPSA) is 101 Å². The summed E-state index contributed by atoms with van der Waals surface area (Å²) in [6, 6.07) is 18.5. The maximum Gasteiger partial charge on any atom is 0.240 e. The van der Waals surface area contributed by atoms with Crippen LogP contribution in [0.5, 0.6) is 5.88 Å². The SMILES string of the molecule is CCOc1ccc2cc(S(=O)(=O)NC3CCC(C(=O)N4CCNCC4c4ccccc4)CC3)ccc2n1. The lowest BCUT2D eigenvalue weighted by Gasteiger charge is -2.40. The lowest BCUT2D eigenvalue weighted by molar-refractivity contribution is -0.140. The summed E-state index contributed by atoms with van der Waals surface area (Å²) < 4.78 is 34.6. The molecule has 1 saturated heterocycles. The fourth-order valence-electron chi connectivity index (χ4n) is 5.40. The van der Waals surface area contributed by atoms with E-state index in [1.54, 1.807) is 24.3 Å². The Morgan fingerprint density at radius 1 is 1.08 bits per heavy atom. The highest BCUT2D eigenvalue weighted by atomic mass is 32.2. The van der Waals surface area contributed by atoms with Gasteiger partial charge in [0.15, 0.2) is 0 Å². The Kier molecular flexibility index (Phi) is 7.73. The number of nitrogens with one attached hydrogen (secondary N) is 2. The van der Waals surface area contributed by atoms with Crippen LogP contribution in [0.3, 0.4) is 0 Å². The molecule has 0 radical (unpaired) electrons. The maximum absolute atomic E-state index is 13.5. The minimum Gasteiger partial charge on any atom is -0.478 e. The normalized spacial score (nSPS) is 22.6. The number of fused-ring (bicyclic) bond motifs is 1. The number of hydrogen-bond acceptors (Lipinski definition) is 6. The molecule has 2 heterocycles. The monoisotopic (exact) mass is 522 g/mol. The fraction of sp³-hybridized carbons (Fsp3) is 0.429. The van der Waals surface area contributed by atoms with Crippen LogP contribution in [0.1, 0.15) is 44.2 Å². The summed E-state index contributed by atoms with van der Waals surface area (Å²) in [6.07, 6.45) is 2.65. The van der Waals surface area contributed by atoms with E-state index in [2.05, 4.69) is 27.2 Å². The van der Waals surface area contributed by atoms with Gasteiger partial charge in [0.1, 0.15) is 0 Å². The average molecular weight is 523 g/mol. The van der Waals surface area contributed by atoms with Gasteiger partial charge in [0, 0.05) is 43.0 Å². The third-order valence-electron chi connectivity index (χ3n) is 7.35. The molecular formula is C28H34N4O4S. The number of pyridine rings is 1. The van der Waals surface area contributed by atoms with E-state index in [4.69, 9.17) is 4.74 Å². The zero-order valence-corrected chi connectivity index (χ0v) is 21.9. The van der Waals surface area contributed by atoms with E-state index in [1.807, 2.05) is 36.1 Å². The molecule has 196 valence electrons. The quantitative estimate of drug-likeness (QED) is 0.491. The molecule has 8 nitrogen and oxygen atoms in total. The molecule has 2 aliphatic rings. The summed E-state index contributed by atoms with van der Waals surface area (Å²) in [5, 5.41) is 4.15. The summed E-state index contributed by atoms with van der Waals surface area (Å²) in [5.41, 5.74) is 1.83. The first-order chi connectivity index (χ1) is 17.9. The molecule has 1 aromatic heterocycles. The van der Waals surface area contributed by atoms with Gasteiger partial charge in [0.25, 0.3) is 0 Å². The molecule has 1 aliphatic carbocycles. The Morgan fingerprint density at radius 2 is 1.86 bits per heavy atom. The zero-order valence-electron chi connectivity index (χ0n) is 21.1. The summed E-state index contributed by atoms with van der Waals surface area (Å²) in [6.45, 7) is 4.64. The first kappa shape index (κ1) is 25.6. The van der Waals surface area contributed by atoms with Crippen molar-refractivity contribution in [2.45, 2.75) is 49.6 Å². The second kappa shape index (κ2) is 11.2. The van der Waals surface area contributed by atoms with Crippen molar-refractivity contribution >= 4 is 26.8 Å². The fourth-order valence-corrected chi connectivity index (χ4v) is 6.74. The van der Waals surface area contributed by atoms with Gasteiger partial charge < -0.3 is 15.0 Å². The van der Waals surface area contributed by atoms with E-state index in [0.717, 1.165) is 24.0 Å². The Labute approximate surface area is 218 Å². The van der Waals surface area contributed by atoms with Gasteiger partial charge in [-0.05, 0) is 62.4 Å². The van der Waals surface area contributed by atoms with Crippen LogP contribution >= 0.6 is 0 Å². The van der Waals surface area contributed by atoms with Crippen molar-refractivity contribution in [1.29, 1.82) is 0 Å². The molecule has 5 rings (SSSR count).